The van der Waals surface area contributed by atoms with Crippen molar-refractivity contribution in [3.8, 4) is 11.5 Å². The average molecular weight is 367 g/mol. The van der Waals surface area contributed by atoms with Crippen molar-refractivity contribution >= 4 is 11.9 Å². The topological polar surface area (TPSA) is 65.1 Å². The van der Waals surface area contributed by atoms with Gasteiger partial charge in [0.25, 0.3) is 5.91 Å². The molecule has 1 aliphatic heterocycles. The summed E-state index contributed by atoms with van der Waals surface area (Å²) in [5.41, 5.74) is 2.80. The quantitative estimate of drug-likeness (QED) is 0.777. The summed E-state index contributed by atoms with van der Waals surface area (Å²) in [6.07, 6.45) is 2.99. The maximum Gasteiger partial charge on any atom is 0.338 e. The maximum absolute atomic E-state index is 12.6. The number of likely N-dealkylation sites (N-methyl/N-ethyl adjacent to an activating group) is 1. The Hall–Kier alpha value is -3.02. The summed E-state index contributed by atoms with van der Waals surface area (Å²) in [7, 11) is 1.77. The van der Waals surface area contributed by atoms with E-state index in [0.29, 0.717) is 17.1 Å². The molecule has 0 radical (unpaired) electrons. The third kappa shape index (κ3) is 3.47. The number of benzene rings is 2. The molecule has 2 aliphatic rings. The Bertz CT molecular complexity index is 879. The number of esters is 1. The van der Waals surface area contributed by atoms with Gasteiger partial charge in [-0.15, -0.1) is 0 Å². The highest BCUT2D eigenvalue weighted by Crippen LogP contribution is 2.34. The van der Waals surface area contributed by atoms with Crippen LogP contribution in [0.3, 0.4) is 0 Å². The number of amides is 1. The molecule has 0 fully saturated rings. The number of hydrogen-bond donors (Lipinski definition) is 0. The number of carbonyl (C=O) groups excluding carboxylic acids is 2. The maximum atomic E-state index is 12.6. The molecule has 1 heterocycles. The largest absolute Gasteiger partial charge is 0.454 e. The fourth-order valence-electron chi connectivity index (χ4n) is 3.64. The Morgan fingerprint density at radius 3 is 2.85 bits per heavy atom. The van der Waals surface area contributed by atoms with Crippen LogP contribution in [0.4, 0.5) is 0 Å². The summed E-state index contributed by atoms with van der Waals surface area (Å²) in [6, 6.07) is 13.0. The van der Waals surface area contributed by atoms with Gasteiger partial charge < -0.3 is 19.1 Å². The van der Waals surface area contributed by atoms with Gasteiger partial charge in [0, 0.05) is 7.05 Å². The van der Waals surface area contributed by atoms with E-state index < -0.39 is 5.97 Å². The van der Waals surface area contributed by atoms with Gasteiger partial charge in [0.05, 0.1) is 11.6 Å². The second-order valence-corrected chi connectivity index (χ2v) is 6.76. The number of nitrogens with zero attached hydrogens (tertiary/aromatic N) is 1. The Morgan fingerprint density at radius 1 is 1.15 bits per heavy atom. The molecule has 0 saturated carbocycles. The summed E-state index contributed by atoms with van der Waals surface area (Å²) in [6.45, 7) is -0.150. The summed E-state index contributed by atoms with van der Waals surface area (Å²) in [5.74, 6) is 0.329. The van der Waals surface area contributed by atoms with E-state index in [2.05, 4.69) is 12.1 Å². The van der Waals surface area contributed by atoms with Crippen molar-refractivity contribution in [1.82, 2.24) is 4.90 Å². The van der Waals surface area contributed by atoms with Crippen molar-refractivity contribution in [2.24, 2.45) is 0 Å². The molecule has 1 atom stereocenters. The lowest BCUT2D eigenvalue weighted by molar-refractivity contribution is -0.135. The molecule has 1 aliphatic carbocycles. The second-order valence-electron chi connectivity index (χ2n) is 6.76. The van der Waals surface area contributed by atoms with E-state index in [1.807, 2.05) is 12.1 Å². The molecule has 2 aromatic rings. The molecule has 6 heteroatoms. The standard InChI is InChI=1S/C21H21NO5/c1-22(17-8-4-6-14-5-2-3-7-16(14)17)20(23)12-25-21(24)15-9-10-18-19(11-15)27-13-26-18/h2-3,5,7,9-11,17H,4,6,8,12-13H2,1H3. The molecule has 0 bridgehead atoms. The van der Waals surface area contributed by atoms with Crippen molar-refractivity contribution in [2.45, 2.75) is 25.3 Å². The minimum absolute atomic E-state index is 0.0201. The average Bonchev–Trinajstić information content (AvgIpc) is 3.18. The fraction of sp³-hybridized carbons (Fsp3) is 0.333. The summed E-state index contributed by atoms with van der Waals surface area (Å²) < 4.78 is 15.7. The van der Waals surface area contributed by atoms with E-state index in [1.54, 1.807) is 30.1 Å². The molecule has 1 unspecified atom stereocenters. The van der Waals surface area contributed by atoms with E-state index in [0.717, 1.165) is 19.3 Å². The van der Waals surface area contributed by atoms with Gasteiger partial charge in [0.15, 0.2) is 18.1 Å². The molecule has 1 amide bonds. The highest BCUT2D eigenvalue weighted by Gasteiger charge is 2.27. The Balaban J connectivity index is 1.39. The number of aryl methyl sites for hydroxylation is 1. The smallest absolute Gasteiger partial charge is 0.338 e. The van der Waals surface area contributed by atoms with Gasteiger partial charge >= 0.3 is 5.97 Å². The van der Waals surface area contributed by atoms with Gasteiger partial charge in [0.1, 0.15) is 0 Å². The zero-order chi connectivity index (χ0) is 18.8. The van der Waals surface area contributed by atoms with Crippen LogP contribution in [0.25, 0.3) is 0 Å². The van der Waals surface area contributed by atoms with Gasteiger partial charge in [-0.2, -0.15) is 0 Å². The Labute approximate surface area is 157 Å². The minimum Gasteiger partial charge on any atom is -0.454 e. The molecule has 0 N–H and O–H groups in total. The molecular formula is C21H21NO5. The molecule has 27 heavy (non-hydrogen) atoms. The van der Waals surface area contributed by atoms with E-state index in [-0.39, 0.29) is 25.3 Å². The Morgan fingerprint density at radius 2 is 1.96 bits per heavy atom. The van der Waals surface area contributed by atoms with Crippen LogP contribution in [0.5, 0.6) is 11.5 Å². The van der Waals surface area contributed by atoms with Crippen LogP contribution in [0.2, 0.25) is 0 Å². The molecular weight excluding hydrogens is 346 g/mol. The van der Waals surface area contributed by atoms with Crippen molar-refractivity contribution in [1.29, 1.82) is 0 Å². The number of carbonyl (C=O) groups is 2. The minimum atomic E-state index is -0.556. The lowest BCUT2D eigenvalue weighted by Crippen LogP contribution is -2.36. The van der Waals surface area contributed by atoms with Crippen LogP contribution in [0.15, 0.2) is 42.5 Å². The van der Waals surface area contributed by atoms with Crippen LogP contribution in [0, 0.1) is 0 Å². The van der Waals surface area contributed by atoms with Crippen LogP contribution in [-0.2, 0) is 16.0 Å². The van der Waals surface area contributed by atoms with Crippen molar-refractivity contribution in [3.05, 3.63) is 59.2 Å². The highest BCUT2D eigenvalue weighted by molar-refractivity contribution is 5.92. The van der Waals surface area contributed by atoms with Crippen LogP contribution in [-0.4, -0.2) is 37.2 Å². The molecule has 140 valence electrons. The van der Waals surface area contributed by atoms with E-state index in [1.165, 1.54) is 11.1 Å². The van der Waals surface area contributed by atoms with Crippen LogP contribution >= 0.6 is 0 Å². The van der Waals surface area contributed by atoms with E-state index in [9.17, 15) is 9.59 Å². The molecule has 6 nitrogen and oxygen atoms in total. The van der Waals surface area contributed by atoms with Gasteiger partial charge in [-0.1, -0.05) is 24.3 Å². The first-order valence-corrected chi connectivity index (χ1v) is 9.04. The number of ether oxygens (including phenoxy) is 3. The first kappa shape index (κ1) is 17.4. The summed E-state index contributed by atoms with van der Waals surface area (Å²) in [5, 5.41) is 0. The van der Waals surface area contributed by atoms with Gasteiger partial charge in [-0.25, -0.2) is 4.79 Å². The van der Waals surface area contributed by atoms with Crippen molar-refractivity contribution < 1.29 is 23.8 Å². The van der Waals surface area contributed by atoms with Gasteiger partial charge in [-0.3, -0.25) is 4.79 Å². The zero-order valence-corrected chi connectivity index (χ0v) is 15.1. The van der Waals surface area contributed by atoms with Gasteiger partial charge in [-0.05, 0) is 48.6 Å². The predicted molar refractivity (Wildman–Crippen MR) is 97.7 cm³/mol. The first-order chi connectivity index (χ1) is 13.1. The SMILES string of the molecule is CN(C(=O)COC(=O)c1ccc2c(c1)OCO2)C1CCCc2ccccc21. The third-order valence-electron chi connectivity index (χ3n) is 5.13. The molecule has 0 saturated heterocycles. The Kier molecular flexibility index (Phi) is 4.71. The third-order valence-corrected chi connectivity index (χ3v) is 5.13. The lowest BCUT2D eigenvalue weighted by atomic mass is 9.87. The fourth-order valence-corrected chi connectivity index (χ4v) is 3.64. The van der Waals surface area contributed by atoms with Crippen LogP contribution < -0.4 is 9.47 Å². The summed E-state index contributed by atoms with van der Waals surface area (Å²) >= 11 is 0. The molecule has 4 rings (SSSR count). The van der Waals surface area contributed by atoms with Crippen molar-refractivity contribution in [3.63, 3.8) is 0 Å². The predicted octanol–water partition coefficient (Wildman–Crippen LogP) is 3.11. The number of rotatable bonds is 4. The number of hydrogen-bond acceptors (Lipinski definition) is 5. The first-order valence-electron chi connectivity index (χ1n) is 9.04. The second kappa shape index (κ2) is 7.31. The summed E-state index contributed by atoms with van der Waals surface area (Å²) in [4.78, 5) is 26.5. The molecule has 2 aromatic carbocycles. The van der Waals surface area contributed by atoms with Crippen LogP contribution in [0.1, 0.15) is 40.4 Å². The van der Waals surface area contributed by atoms with E-state index in [4.69, 9.17) is 14.2 Å². The van der Waals surface area contributed by atoms with Gasteiger partial charge in [0.2, 0.25) is 6.79 Å². The lowest BCUT2D eigenvalue weighted by Gasteiger charge is -2.33. The van der Waals surface area contributed by atoms with Crippen molar-refractivity contribution in [2.75, 3.05) is 20.4 Å². The van der Waals surface area contributed by atoms with E-state index >= 15 is 0 Å². The zero-order valence-electron chi connectivity index (χ0n) is 15.1. The monoisotopic (exact) mass is 367 g/mol. The highest BCUT2D eigenvalue weighted by atomic mass is 16.7. The molecule has 0 aromatic heterocycles. The molecule has 0 spiro atoms. The number of fused-ring (bicyclic) bond motifs is 2. The normalized spacial score (nSPS) is 17.1.